The van der Waals surface area contributed by atoms with Gasteiger partial charge in [0.2, 0.25) is 5.91 Å². The van der Waals surface area contributed by atoms with Crippen molar-refractivity contribution < 1.29 is 4.79 Å². The highest BCUT2D eigenvalue weighted by Gasteiger charge is 2.23. The molecule has 0 spiro atoms. The van der Waals surface area contributed by atoms with Crippen LogP contribution in [-0.2, 0) is 18.3 Å². The molecule has 1 saturated heterocycles. The van der Waals surface area contributed by atoms with Crippen LogP contribution in [0.1, 0.15) is 35.5 Å². The molecule has 0 aliphatic carbocycles. The lowest BCUT2D eigenvalue weighted by molar-refractivity contribution is -0.127. The highest BCUT2D eigenvalue weighted by molar-refractivity contribution is 5.92. The minimum Gasteiger partial charge on any atom is -0.339 e. The number of hydrogen-bond acceptors (Lipinski definition) is 7. The van der Waals surface area contributed by atoms with Crippen molar-refractivity contribution in [1.82, 2.24) is 34.6 Å². The van der Waals surface area contributed by atoms with Crippen molar-refractivity contribution in [3.05, 3.63) is 59.7 Å². The zero-order chi connectivity index (χ0) is 22.5. The van der Waals surface area contributed by atoms with Gasteiger partial charge in [-0.05, 0) is 45.1 Å². The van der Waals surface area contributed by atoms with Crippen LogP contribution >= 0.6 is 0 Å². The van der Waals surface area contributed by atoms with Crippen LogP contribution in [0.5, 0.6) is 0 Å². The standard InChI is InChI=1S/C23H28N8O/c1-16-20(17(2)30(3)29-16)6-7-23(32)31-10-4-5-18(14-31)11-19-12-21(27-15-26-19)28-22-13-24-8-9-25-22/h6-9,12-13,15,18H,4-5,10-11,14H2,1-3H3,(H,25,26,27,28)/b7-6+. The highest BCUT2D eigenvalue weighted by atomic mass is 16.2. The monoisotopic (exact) mass is 432 g/mol. The molecule has 1 N–H and O–H groups in total. The van der Waals surface area contributed by atoms with E-state index >= 15 is 0 Å². The number of likely N-dealkylation sites (tertiary alicyclic amines) is 1. The van der Waals surface area contributed by atoms with Crippen molar-refractivity contribution in [3.63, 3.8) is 0 Å². The number of rotatable bonds is 6. The Morgan fingerprint density at radius 2 is 2.09 bits per heavy atom. The maximum absolute atomic E-state index is 12.8. The smallest absolute Gasteiger partial charge is 0.246 e. The summed E-state index contributed by atoms with van der Waals surface area (Å²) in [6.07, 6.45) is 12.9. The predicted molar refractivity (Wildman–Crippen MR) is 122 cm³/mol. The second kappa shape index (κ2) is 9.67. The summed E-state index contributed by atoms with van der Waals surface area (Å²) in [5.74, 6) is 1.73. The molecule has 1 amide bonds. The molecule has 3 aromatic heterocycles. The van der Waals surface area contributed by atoms with E-state index in [1.807, 2.05) is 42.6 Å². The third kappa shape index (κ3) is 5.16. The first-order valence-corrected chi connectivity index (χ1v) is 10.8. The quantitative estimate of drug-likeness (QED) is 0.598. The number of carbonyl (C=O) groups is 1. The number of hydrogen-bond donors (Lipinski definition) is 1. The molecule has 9 heteroatoms. The Morgan fingerprint density at radius 3 is 2.84 bits per heavy atom. The van der Waals surface area contributed by atoms with Gasteiger partial charge >= 0.3 is 0 Å². The van der Waals surface area contributed by atoms with Gasteiger partial charge in [-0.1, -0.05) is 0 Å². The molecule has 4 heterocycles. The van der Waals surface area contributed by atoms with Crippen LogP contribution in [0.15, 0.2) is 37.1 Å². The molecule has 4 rings (SSSR count). The van der Waals surface area contributed by atoms with Crippen molar-refractivity contribution in [2.24, 2.45) is 13.0 Å². The van der Waals surface area contributed by atoms with Gasteiger partial charge in [-0.15, -0.1) is 0 Å². The molecule has 1 atom stereocenters. The van der Waals surface area contributed by atoms with Crippen LogP contribution in [-0.4, -0.2) is 53.6 Å². The Morgan fingerprint density at radius 1 is 1.22 bits per heavy atom. The average molecular weight is 433 g/mol. The summed E-state index contributed by atoms with van der Waals surface area (Å²) in [4.78, 5) is 31.7. The lowest BCUT2D eigenvalue weighted by Gasteiger charge is -2.32. The number of aromatic nitrogens is 6. The minimum atomic E-state index is 0.0463. The fourth-order valence-corrected chi connectivity index (χ4v) is 4.09. The van der Waals surface area contributed by atoms with Gasteiger partial charge in [0.25, 0.3) is 0 Å². The predicted octanol–water partition coefficient (Wildman–Crippen LogP) is 2.86. The number of anilines is 2. The summed E-state index contributed by atoms with van der Waals surface area (Å²) in [7, 11) is 1.91. The number of carbonyl (C=O) groups excluding carboxylic acids is 1. The van der Waals surface area contributed by atoms with E-state index in [1.54, 1.807) is 31.0 Å². The molecule has 0 aromatic carbocycles. The average Bonchev–Trinajstić information content (AvgIpc) is 3.04. The van der Waals surface area contributed by atoms with Crippen LogP contribution in [0.2, 0.25) is 0 Å². The number of nitrogens with zero attached hydrogens (tertiary/aromatic N) is 7. The molecule has 0 saturated carbocycles. The number of aryl methyl sites for hydroxylation is 2. The fourth-order valence-electron chi connectivity index (χ4n) is 4.09. The highest BCUT2D eigenvalue weighted by Crippen LogP contribution is 2.22. The maximum Gasteiger partial charge on any atom is 0.246 e. The van der Waals surface area contributed by atoms with E-state index in [4.69, 9.17) is 0 Å². The first-order valence-electron chi connectivity index (χ1n) is 10.8. The van der Waals surface area contributed by atoms with E-state index < -0.39 is 0 Å². The number of piperidine rings is 1. The molecular weight excluding hydrogens is 404 g/mol. The van der Waals surface area contributed by atoms with Gasteiger partial charge in [-0.3, -0.25) is 14.5 Å². The Labute approximate surface area is 187 Å². The third-order valence-electron chi connectivity index (χ3n) is 5.83. The second-order valence-corrected chi connectivity index (χ2v) is 8.15. The van der Waals surface area contributed by atoms with Crippen molar-refractivity contribution >= 4 is 23.6 Å². The SMILES string of the molecule is Cc1nn(C)c(C)c1/C=C/C(=O)N1CCCC(Cc2cc(Nc3cnccn3)ncn2)C1. The topological polar surface area (TPSA) is 102 Å². The molecule has 1 unspecified atom stereocenters. The van der Waals surface area contributed by atoms with E-state index in [-0.39, 0.29) is 5.91 Å². The van der Waals surface area contributed by atoms with Gasteiger partial charge in [0.1, 0.15) is 18.0 Å². The zero-order valence-corrected chi connectivity index (χ0v) is 18.7. The molecule has 0 bridgehead atoms. The Bertz CT molecular complexity index is 1110. The molecule has 0 radical (unpaired) electrons. The Balaban J connectivity index is 1.37. The molecule has 3 aromatic rings. The van der Waals surface area contributed by atoms with Crippen LogP contribution in [0.25, 0.3) is 6.08 Å². The number of amides is 1. The molecule has 166 valence electrons. The van der Waals surface area contributed by atoms with Crippen molar-refractivity contribution in [2.45, 2.75) is 33.1 Å². The lowest BCUT2D eigenvalue weighted by Crippen LogP contribution is -2.39. The molecule has 9 nitrogen and oxygen atoms in total. The molecule has 1 aliphatic rings. The zero-order valence-electron chi connectivity index (χ0n) is 18.7. The van der Waals surface area contributed by atoms with Crippen LogP contribution < -0.4 is 5.32 Å². The van der Waals surface area contributed by atoms with E-state index in [9.17, 15) is 4.79 Å². The van der Waals surface area contributed by atoms with Gasteiger partial charge < -0.3 is 10.2 Å². The van der Waals surface area contributed by atoms with E-state index in [2.05, 4.69) is 30.4 Å². The van der Waals surface area contributed by atoms with Crippen LogP contribution in [0, 0.1) is 19.8 Å². The fraction of sp³-hybridized carbons (Fsp3) is 0.391. The second-order valence-electron chi connectivity index (χ2n) is 8.15. The number of nitrogens with one attached hydrogen (secondary N) is 1. The Kier molecular flexibility index (Phi) is 6.53. The molecular formula is C23H28N8O. The normalized spacial score (nSPS) is 16.5. The molecule has 1 aliphatic heterocycles. The Hall–Kier alpha value is -3.62. The minimum absolute atomic E-state index is 0.0463. The van der Waals surface area contributed by atoms with E-state index in [1.165, 1.54) is 0 Å². The van der Waals surface area contributed by atoms with Crippen molar-refractivity contribution in [1.29, 1.82) is 0 Å². The summed E-state index contributed by atoms with van der Waals surface area (Å²) in [5, 5.41) is 7.56. The van der Waals surface area contributed by atoms with E-state index in [0.717, 1.165) is 55.0 Å². The summed E-state index contributed by atoms with van der Waals surface area (Å²) in [6, 6.07) is 1.93. The summed E-state index contributed by atoms with van der Waals surface area (Å²) in [6.45, 7) is 5.48. The van der Waals surface area contributed by atoms with Gasteiger partial charge in [0.15, 0.2) is 0 Å². The van der Waals surface area contributed by atoms with Gasteiger partial charge in [-0.2, -0.15) is 5.10 Å². The van der Waals surface area contributed by atoms with Crippen LogP contribution in [0.4, 0.5) is 11.6 Å². The van der Waals surface area contributed by atoms with Crippen molar-refractivity contribution in [2.75, 3.05) is 18.4 Å². The van der Waals surface area contributed by atoms with Gasteiger partial charge in [0.05, 0.1) is 11.9 Å². The maximum atomic E-state index is 12.8. The van der Waals surface area contributed by atoms with Crippen molar-refractivity contribution in [3.8, 4) is 0 Å². The van der Waals surface area contributed by atoms with E-state index in [0.29, 0.717) is 17.6 Å². The molecule has 1 fully saturated rings. The first kappa shape index (κ1) is 21.6. The first-order chi connectivity index (χ1) is 15.5. The van der Waals surface area contributed by atoms with Gasteiger partial charge in [0, 0.05) is 61.6 Å². The molecule has 32 heavy (non-hydrogen) atoms. The largest absolute Gasteiger partial charge is 0.339 e. The third-order valence-corrected chi connectivity index (χ3v) is 5.83. The summed E-state index contributed by atoms with van der Waals surface area (Å²) in [5.41, 5.74) is 3.94. The summed E-state index contributed by atoms with van der Waals surface area (Å²) < 4.78 is 1.84. The lowest BCUT2D eigenvalue weighted by atomic mass is 9.93. The van der Waals surface area contributed by atoms with Gasteiger partial charge in [-0.25, -0.2) is 15.0 Å². The van der Waals surface area contributed by atoms with Crippen LogP contribution in [0.3, 0.4) is 0 Å². The summed E-state index contributed by atoms with van der Waals surface area (Å²) >= 11 is 0.